The maximum atomic E-state index is 12.9. The highest BCUT2D eigenvalue weighted by molar-refractivity contribution is 7.84. The van der Waals surface area contributed by atoms with E-state index in [1.54, 1.807) is 30.5 Å². The number of amides is 1. The Bertz CT molecular complexity index is 1100. The third-order valence-corrected chi connectivity index (χ3v) is 5.52. The van der Waals surface area contributed by atoms with Crippen LogP contribution in [0.1, 0.15) is 27.7 Å². The number of fused-ring (bicyclic) bond motifs is 1. The molecule has 4 nitrogen and oxygen atoms in total. The molecular weight excluding hydrogens is 370 g/mol. The molecule has 28 heavy (non-hydrogen) atoms. The van der Waals surface area contributed by atoms with Crippen molar-refractivity contribution in [1.82, 2.24) is 5.32 Å². The number of carbonyl (C=O) groups excluding carboxylic acids is 1. The Morgan fingerprint density at radius 2 is 1.61 bits per heavy atom. The van der Waals surface area contributed by atoms with Gasteiger partial charge in [0.2, 0.25) is 0 Å². The van der Waals surface area contributed by atoms with Gasteiger partial charge < -0.3 is 9.73 Å². The molecule has 0 saturated carbocycles. The van der Waals surface area contributed by atoms with Crippen LogP contribution >= 0.6 is 0 Å². The summed E-state index contributed by atoms with van der Waals surface area (Å²) < 4.78 is 17.6. The van der Waals surface area contributed by atoms with E-state index in [1.165, 1.54) is 0 Å². The molecule has 0 aliphatic rings. The van der Waals surface area contributed by atoms with E-state index in [1.807, 2.05) is 60.7 Å². The molecule has 0 saturated heterocycles. The van der Waals surface area contributed by atoms with Crippen molar-refractivity contribution in [1.29, 1.82) is 0 Å². The van der Waals surface area contributed by atoms with Crippen LogP contribution in [0.2, 0.25) is 0 Å². The van der Waals surface area contributed by atoms with Gasteiger partial charge in [0.15, 0.2) is 0 Å². The van der Waals surface area contributed by atoms with Gasteiger partial charge >= 0.3 is 0 Å². The van der Waals surface area contributed by atoms with E-state index >= 15 is 0 Å². The summed E-state index contributed by atoms with van der Waals surface area (Å²) in [4.78, 5) is 13.6. The summed E-state index contributed by atoms with van der Waals surface area (Å²) in [5.74, 6) is 0.453. The molecule has 0 bridgehead atoms. The van der Waals surface area contributed by atoms with Gasteiger partial charge in [-0.25, -0.2) is 0 Å². The predicted molar refractivity (Wildman–Crippen MR) is 111 cm³/mol. The van der Waals surface area contributed by atoms with E-state index in [9.17, 15) is 9.00 Å². The first-order valence-electron chi connectivity index (χ1n) is 8.89. The number of benzene rings is 3. The van der Waals surface area contributed by atoms with Crippen molar-refractivity contribution in [3.05, 3.63) is 102 Å². The molecule has 0 spiro atoms. The number of nitrogens with one attached hydrogen (secondary N) is 1. The largest absolute Gasteiger partial charge is 0.459 e. The molecule has 0 fully saturated rings. The fraction of sp³-hybridized carbons (Fsp3) is 0.0870. The fourth-order valence-corrected chi connectivity index (χ4v) is 3.64. The summed E-state index contributed by atoms with van der Waals surface area (Å²) in [5.41, 5.74) is 2.22. The van der Waals surface area contributed by atoms with Crippen LogP contribution in [0.3, 0.4) is 0 Å². The zero-order chi connectivity index (χ0) is 19.5. The van der Waals surface area contributed by atoms with Crippen LogP contribution in [0, 0.1) is 0 Å². The monoisotopic (exact) mass is 389 g/mol. The maximum Gasteiger partial charge on any atom is 0.252 e. The lowest BCUT2D eigenvalue weighted by Crippen LogP contribution is -2.29. The molecular formula is C23H19NO3S. The van der Waals surface area contributed by atoms with Crippen LogP contribution in [0.15, 0.2) is 94.2 Å². The first kappa shape index (κ1) is 18.2. The number of carbonyl (C=O) groups is 1. The zero-order valence-electron chi connectivity index (χ0n) is 15.3. The lowest BCUT2D eigenvalue weighted by Gasteiger charge is -2.17. The second kappa shape index (κ2) is 7.82. The van der Waals surface area contributed by atoms with Crippen molar-refractivity contribution in [3.8, 4) is 0 Å². The van der Waals surface area contributed by atoms with Gasteiger partial charge in [-0.05, 0) is 42.0 Å². The van der Waals surface area contributed by atoms with Crippen LogP contribution < -0.4 is 5.32 Å². The summed E-state index contributed by atoms with van der Waals surface area (Å²) in [5, 5.41) is 4.06. The number of hydrogen-bond donors (Lipinski definition) is 1. The Balaban J connectivity index is 1.67. The number of rotatable bonds is 5. The highest BCUT2D eigenvalue weighted by Crippen LogP contribution is 2.28. The quantitative estimate of drug-likeness (QED) is 0.539. The molecule has 1 aromatic heterocycles. The van der Waals surface area contributed by atoms with Crippen molar-refractivity contribution >= 4 is 27.7 Å². The lowest BCUT2D eigenvalue weighted by atomic mass is 10.0. The van der Waals surface area contributed by atoms with Crippen molar-refractivity contribution in [2.45, 2.75) is 10.9 Å². The van der Waals surface area contributed by atoms with Gasteiger partial charge in [-0.1, -0.05) is 48.5 Å². The summed E-state index contributed by atoms with van der Waals surface area (Å²) in [7, 11) is -1.08. The van der Waals surface area contributed by atoms with E-state index < -0.39 is 16.8 Å². The third kappa shape index (κ3) is 3.75. The summed E-state index contributed by atoms with van der Waals surface area (Å²) >= 11 is 0. The van der Waals surface area contributed by atoms with Gasteiger partial charge in [-0.15, -0.1) is 0 Å². The van der Waals surface area contributed by atoms with E-state index in [4.69, 9.17) is 4.42 Å². The number of para-hydroxylation sites is 1. The molecule has 140 valence electrons. The van der Waals surface area contributed by atoms with Crippen molar-refractivity contribution in [3.63, 3.8) is 0 Å². The van der Waals surface area contributed by atoms with E-state index in [-0.39, 0.29) is 5.91 Å². The topological polar surface area (TPSA) is 59.3 Å². The van der Waals surface area contributed by atoms with Crippen molar-refractivity contribution < 1.29 is 13.4 Å². The van der Waals surface area contributed by atoms with Gasteiger partial charge in [-0.3, -0.25) is 9.00 Å². The Morgan fingerprint density at radius 1 is 0.929 bits per heavy atom. The Labute approximate surface area is 165 Å². The van der Waals surface area contributed by atoms with Crippen LogP contribution in [0.4, 0.5) is 0 Å². The van der Waals surface area contributed by atoms with E-state index in [0.717, 1.165) is 16.5 Å². The van der Waals surface area contributed by atoms with Crippen molar-refractivity contribution in [2.24, 2.45) is 0 Å². The summed E-state index contributed by atoms with van der Waals surface area (Å²) in [6.07, 6.45) is 1.61. The minimum atomic E-state index is -1.08. The molecule has 1 amide bonds. The molecule has 2 atom stereocenters. The Morgan fingerprint density at radius 3 is 2.29 bits per heavy atom. The first-order valence-corrected chi connectivity index (χ1v) is 10.5. The molecule has 3 aromatic carbocycles. The molecule has 0 aliphatic carbocycles. The van der Waals surface area contributed by atoms with Gasteiger partial charge in [0.25, 0.3) is 5.91 Å². The highest BCUT2D eigenvalue weighted by atomic mass is 32.2. The van der Waals surface area contributed by atoms with Crippen LogP contribution in [0.25, 0.3) is 11.0 Å². The predicted octanol–water partition coefficient (Wildman–Crippen LogP) is 4.69. The minimum absolute atomic E-state index is 0.220. The summed E-state index contributed by atoms with van der Waals surface area (Å²) in [6.45, 7) is 0. The number of furan rings is 1. The Hall–Kier alpha value is -3.18. The van der Waals surface area contributed by atoms with Crippen LogP contribution in [0.5, 0.6) is 0 Å². The Kier molecular flexibility index (Phi) is 5.08. The van der Waals surface area contributed by atoms with E-state index in [0.29, 0.717) is 16.2 Å². The maximum absolute atomic E-state index is 12.9. The third-order valence-electron chi connectivity index (χ3n) is 4.59. The molecule has 0 radical (unpaired) electrons. The highest BCUT2D eigenvalue weighted by Gasteiger charge is 2.21. The summed E-state index contributed by atoms with van der Waals surface area (Å²) in [6, 6.07) is 25.8. The van der Waals surface area contributed by atoms with Gasteiger partial charge in [-0.2, -0.15) is 0 Å². The SMILES string of the molecule is CS(=O)c1ccc(C(=O)NC(c2ccccc2)c2cc3ccccc3o2)cc1. The fourth-order valence-electron chi connectivity index (χ4n) is 3.12. The molecule has 2 unspecified atom stereocenters. The number of hydrogen-bond acceptors (Lipinski definition) is 3. The smallest absolute Gasteiger partial charge is 0.252 e. The second-order valence-corrected chi connectivity index (χ2v) is 7.86. The lowest BCUT2D eigenvalue weighted by molar-refractivity contribution is 0.0939. The normalized spacial score (nSPS) is 13.2. The average Bonchev–Trinajstić information content (AvgIpc) is 3.16. The average molecular weight is 389 g/mol. The molecule has 0 aliphatic heterocycles. The van der Waals surface area contributed by atoms with Gasteiger partial charge in [0, 0.05) is 32.9 Å². The second-order valence-electron chi connectivity index (χ2n) is 6.48. The minimum Gasteiger partial charge on any atom is -0.459 e. The molecule has 5 heteroatoms. The molecule has 1 N–H and O–H groups in total. The molecule has 4 rings (SSSR count). The van der Waals surface area contributed by atoms with E-state index in [2.05, 4.69) is 5.32 Å². The van der Waals surface area contributed by atoms with Gasteiger partial charge in [0.05, 0.1) is 0 Å². The van der Waals surface area contributed by atoms with Crippen molar-refractivity contribution in [2.75, 3.05) is 6.26 Å². The first-order chi connectivity index (χ1) is 13.6. The van der Waals surface area contributed by atoms with Gasteiger partial charge in [0.1, 0.15) is 17.4 Å². The molecule has 1 heterocycles. The standard InChI is InChI=1S/C23H19NO3S/c1-28(26)19-13-11-17(12-14-19)23(25)24-22(16-7-3-2-4-8-16)21-15-18-9-5-6-10-20(18)27-21/h2-15,22H,1H3,(H,24,25). The van der Waals surface area contributed by atoms with Crippen LogP contribution in [-0.4, -0.2) is 16.4 Å². The zero-order valence-corrected chi connectivity index (χ0v) is 16.1. The molecule has 4 aromatic rings. The van der Waals surface area contributed by atoms with Crippen LogP contribution in [-0.2, 0) is 10.8 Å².